The predicted octanol–water partition coefficient (Wildman–Crippen LogP) is 3.86. The van der Waals surface area contributed by atoms with Gasteiger partial charge in [-0.1, -0.05) is 54.6 Å². The van der Waals surface area contributed by atoms with E-state index in [4.69, 9.17) is 0 Å². The summed E-state index contributed by atoms with van der Waals surface area (Å²) in [6, 6.07) is 17.7. The van der Waals surface area contributed by atoms with Crippen LogP contribution in [0.25, 0.3) is 11.1 Å². The molecular weight excluding hydrogens is 260 g/mol. The SMILES string of the molecule is CCN(CC)/N=C\C(=O)c1ccc(-c2ccccc2)cc1. The van der Waals surface area contributed by atoms with E-state index in [1.807, 2.05) is 61.3 Å². The zero-order chi connectivity index (χ0) is 15.1. The second-order valence-corrected chi connectivity index (χ2v) is 4.69. The maximum absolute atomic E-state index is 12.1. The summed E-state index contributed by atoms with van der Waals surface area (Å²) in [5, 5.41) is 6.02. The number of hydrazone groups is 1. The van der Waals surface area contributed by atoms with Gasteiger partial charge in [-0.3, -0.25) is 9.80 Å². The van der Waals surface area contributed by atoms with Crippen LogP contribution in [0.1, 0.15) is 24.2 Å². The topological polar surface area (TPSA) is 32.7 Å². The first-order valence-electron chi connectivity index (χ1n) is 7.23. The van der Waals surface area contributed by atoms with Crippen molar-refractivity contribution in [3.05, 3.63) is 60.2 Å². The van der Waals surface area contributed by atoms with E-state index in [-0.39, 0.29) is 5.78 Å². The van der Waals surface area contributed by atoms with Crippen LogP contribution in [0, 0.1) is 0 Å². The number of Topliss-reactive ketones (excluding diaryl/α,β-unsaturated/α-hetero) is 1. The van der Waals surface area contributed by atoms with Crippen LogP contribution in [-0.2, 0) is 0 Å². The van der Waals surface area contributed by atoms with E-state index in [0.29, 0.717) is 5.56 Å². The van der Waals surface area contributed by atoms with Crippen LogP contribution in [0.15, 0.2) is 59.7 Å². The minimum Gasteiger partial charge on any atom is -0.297 e. The summed E-state index contributed by atoms with van der Waals surface area (Å²) >= 11 is 0. The molecule has 0 saturated carbocycles. The van der Waals surface area contributed by atoms with Gasteiger partial charge in [-0.15, -0.1) is 0 Å². The van der Waals surface area contributed by atoms with E-state index in [2.05, 4.69) is 17.2 Å². The quantitative estimate of drug-likeness (QED) is 0.457. The molecule has 2 aromatic carbocycles. The number of nitrogens with zero attached hydrogens (tertiary/aromatic N) is 2. The third-order valence-electron chi connectivity index (χ3n) is 3.34. The Kier molecular flexibility index (Phi) is 5.27. The molecule has 2 rings (SSSR count). The highest BCUT2D eigenvalue weighted by molar-refractivity contribution is 6.35. The van der Waals surface area contributed by atoms with Crippen LogP contribution in [0.4, 0.5) is 0 Å². The highest BCUT2D eigenvalue weighted by Crippen LogP contribution is 2.19. The molecule has 2 aromatic rings. The summed E-state index contributed by atoms with van der Waals surface area (Å²) in [7, 11) is 0. The lowest BCUT2D eigenvalue weighted by atomic mass is 10.0. The average molecular weight is 280 g/mol. The first-order chi connectivity index (χ1) is 10.2. The Bertz CT molecular complexity index is 599. The van der Waals surface area contributed by atoms with Crippen LogP contribution >= 0.6 is 0 Å². The zero-order valence-corrected chi connectivity index (χ0v) is 12.5. The van der Waals surface area contributed by atoms with Crippen molar-refractivity contribution in [1.29, 1.82) is 0 Å². The third kappa shape index (κ3) is 4.02. The van der Waals surface area contributed by atoms with Crippen molar-refractivity contribution in [2.45, 2.75) is 13.8 Å². The highest BCUT2D eigenvalue weighted by Gasteiger charge is 2.04. The van der Waals surface area contributed by atoms with Gasteiger partial charge in [0, 0.05) is 18.7 Å². The molecule has 0 heterocycles. The molecule has 0 fully saturated rings. The van der Waals surface area contributed by atoms with Crippen LogP contribution in [0.5, 0.6) is 0 Å². The van der Waals surface area contributed by atoms with Crippen LogP contribution < -0.4 is 0 Å². The van der Waals surface area contributed by atoms with E-state index in [1.54, 1.807) is 0 Å². The largest absolute Gasteiger partial charge is 0.297 e. The molecule has 0 radical (unpaired) electrons. The lowest BCUT2D eigenvalue weighted by Crippen LogP contribution is -2.17. The van der Waals surface area contributed by atoms with Gasteiger partial charge in [-0.25, -0.2) is 0 Å². The van der Waals surface area contributed by atoms with Gasteiger partial charge in [0.25, 0.3) is 0 Å². The monoisotopic (exact) mass is 280 g/mol. The van der Waals surface area contributed by atoms with Crippen LogP contribution in [0.3, 0.4) is 0 Å². The Labute approximate surface area is 125 Å². The Morgan fingerprint density at radius 1 is 0.952 bits per heavy atom. The van der Waals surface area contributed by atoms with E-state index in [1.165, 1.54) is 6.21 Å². The van der Waals surface area contributed by atoms with Gasteiger partial charge >= 0.3 is 0 Å². The van der Waals surface area contributed by atoms with Gasteiger partial charge in [0.1, 0.15) is 0 Å². The molecule has 0 aliphatic heterocycles. The minimum absolute atomic E-state index is 0.0680. The molecule has 0 unspecified atom stereocenters. The molecule has 0 atom stereocenters. The minimum atomic E-state index is -0.0680. The summed E-state index contributed by atoms with van der Waals surface area (Å²) in [5.74, 6) is -0.0680. The predicted molar refractivity (Wildman–Crippen MR) is 87.6 cm³/mol. The summed E-state index contributed by atoms with van der Waals surface area (Å²) in [4.78, 5) is 12.1. The zero-order valence-electron chi connectivity index (χ0n) is 12.5. The molecule has 0 bridgehead atoms. The molecule has 3 heteroatoms. The maximum Gasteiger partial charge on any atom is 0.205 e. The van der Waals surface area contributed by atoms with Gasteiger partial charge < -0.3 is 0 Å². The normalized spacial score (nSPS) is 10.8. The van der Waals surface area contributed by atoms with Gasteiger partial charge in [-0.05, 0) is 25.0 Å². The smallest absolute Gasteiger partial charge is 0.205 e. The first-order valence-corrected chi connectivity index (χ1v) is 7.23. The highest BCUT2D eigenvalue weighted by atomic mass is 16.1. The number of rotatable bonds is 6. The summed E-state index contributed by atoms with van der Waals surface area (Å²) in [6.07, 6.45) is 1.39. The first kappa shape index (κ1) is 15.0. The summed E-state index contributed by atoms with van der Waals surface area (Å²) in [6.45, 7) is 5.63. The number of hydrogen-bond donors (Lipinski definition) is 0. The second kappa shape index (κ2) is 7.39. The Balaban J connectivity index is 2.10. The summed E-state index contributed by atoms with van der Waals surface area (Å²) < 4.78 is 0. The molecule has 0 aliphatic rings. The third-order valence-corrected chi connectivity index (χ3v) is 3.34. The van der Waals surface area contributed by atoms with Crippen molar-refractivity contribution in [1.82, 2.24) is 5.01 Å². The van der Waals surface area contributed by atoms with Gasteiger partial charge in [0.05, 0.1) is 6.21 Å². The standard InChI is InChI=1S/C18H20N2O/c1-3-20(4-2)19-14-18(21)17-12-10-16(11-13-17)15-8-6-5-7-9-15/h5-14H,3-4H2,1-2H3/b19-14-. The fourth-order valence-corrected chi connectivity index (χ4v) is 2.05. The van der Waals surface area contributed by atoms with E-state index < -0.39 is 0 Å². The van der Waals surface area contributed by atoms with Crippen molar-refractivity contribution in [2.75, 3.05) is 13.1 Å². The van der Waals surface area contributed by atoms with Gasteiger partial charge in [-0.2, -0.15) is 5.10 Å². The number of benzene rings is 2. The van der Waals surface area contributed by atoms with E-state index >= 15 is 0 Å². The fourth-order valence-electron chi connectivity index (χ4n) is 2.05. The lowest BCUT2D eigenvalue weighted by Gasteiger charge is -2.12. The van der Waals surface area contributed by atoms with Crippen molar-refractivity contribution < 1.29 is 4.79 Å². The molecule has 0 saturated heterocycles. The number of ketones is 1. The molecule has 21 heavy (non-hydrogen) atoms. The van der Waals surface area contributed by atoms with Crippen molar-refractivity contribution >= 4 is 12.0 Å². The molecule has 0 N–H and O–H groups in total. The Morgan fingerprint density at radius 3 is 2.10 bits per heavy atom. The number of carbonyl (C=O) groups excluding carboxylic acids is 1. The lowest BCUT2D eigenvalue weighted by molar-refractivity contribution is 0.106. The molecular formula is C18H20N2O. The summed E-state index contributed by atoms with van der Waals surface area (Å²) in [5.41, 5.74) is 2.91. The molecule has 0 spiro atoms. The maximum atomic E-state index is 12.1. The number of carbonyl (C=O) groups is 1. The fraction of sp³-hybridized carbons (Fsp3) is 0.222. The molecule has 0 aromatic heterocycles. The van der Waals surface area contributed by atoms with Crippen LogP contribution in [0.2, 0.25) is 0 Å². The Hall–Kier alpha value is -2.42. The van der Waals surface area contributed by atoms with Crippen molar-refractivity contribution in [3.8, 4) is 11.1 Å². The Morgan fingerprint density at radius 2 is 1.52 bits per heavy atom. The molecule has 3 nitrogen and oxygen atoms in total. The average Bonchev–Trinajstić information content (AvgIpc) is 2.56. The molecule has 108 valence electrons. The van der Waals surface area contributed by atoms with E-state index in [9.17, 15) is 4.79 Å². The van der Waals surface area contributed by atoms with Gasteiger partial charge in [0.15, 0.2) is 0 Å². The number of hydrogen-bond acceptors (Lipinski definition) is 3. The van der Waals surface area contributed by atoms with Gasteiger partial charge in [0.2, 0.25) is 5.78 Å². The molecule has 0 amide bonds. The van der Waals surface area contributed by atoms with Crippen molar-refractivity contribution in [3.63, 3.8) is 0 Å². The van der Waals surface area contributed by atoms with Crippen molar-refractivity contribution in [2.24, 2.45) is 5.10 Å². The second-order valence-electron chi connectivity index (χ2n) is 4.69. The van der Waals surface area contributed by atoms with Crippen LogP contribution in [-0.4, -0.2) is 30.1 Å². The molecule has 0 aliphatic carbocycles. The van der Waals surface area contributed by atoms with E-state index in [0.717, 1.165) is 24.2 Å².